The van der Waals surface area contributed by atoms with Crippen molar-refractivity contribution >= 4 is 21.7 Å². The molecular weight excluding hydrogens is 306 g/mol. The van der Waals surface area contributed by atoms with Gasteiger partial charge in [0, 0.05) is 22.6 Å². The minimum Gasteiger partial charge on any atom is -0.378 e. The summed E-state index contributed by atoms with van der Waals surface area (Å²) in [5, 5.41) is 0. The molecule has 0 amide bonds. The Morgan fingerprint density at radius 3 is 2.79 bits per heavy atom. The van der Waals surface area contributed by atoms with Crippen LogP contribution < -0.4 is 0 Å². The van der Waals surface area contributed by atoms with Crippen LogP contribution in [0.3, 0.4) is 0 Å². The van der Waals surface area contributed by atoms with Crippen LogP contribution >= 0.6 is 15.9 Å². The first kappa shape index (κ1) is 14.7. The Hall–Kier alpha value is -0.710. The number of rotatable bonds is 4. The van der Waals surface area contributed by atoms with Gasteiger partial charge in [-0.15, -0.1) is 0 Å². The number of carbonyl (C=O) groups is 1. The molecular formula is C15H20BrNO2. The first-order valence-corrected chi connectivity index (χ1v) is 7.56. The number of benzene rings is 1. The van der Waals surface area contributed by atoms with E-state index in [9.17, 15) is 4.79 Å². The Balaban J connectivity index is 2.11. The van der Waals surface area contributed by atoms with Crippen molar-refractivity contribution in [2.75, 3.05) is 19.8 Å². The third-order valence-electron chi connectivity index (χ3n) is 3.75. The molecule has 0 aliphatic carbocycles. The van der Waals surface area contributed by atoms with Gasteiger partial charge in [-0.3, -0.25) is 9.69 Å². The Kier molecular flexibility index (Phi) is 5.13. The minimum absolute atomic E-state index is 0.0879. The van der Waals surface area contributed by atoms with Gasteiger partial charge in [0.15, 0.2) is 5.78 Å². The molecule has 0 bridgehead atoms. The van der Waals surface area contributed by atoms with Gasteiger partial charge in [-0.25, -0.2) is 0 Å². The summed E-state index contributed by atoms with van der Waals surface area (Å²) in [6.45, 7) is 6.42. The number of hydrogen-bond acceptors (Lipinski definition) is 3. The zero-order valence-corrected chi connectivity index (χ0v) is 13.0. The van der Waals surface area contributed by atoms with Gasteiger partial charge in [0.1, 0.15) is 0 Å². The van der Waals surface area contributed by atoms with Crippen molar-refractivity contribution < 1.29 is 9.53 Å². The molecule has 0 spiro atoms. The van der Waals surface area contributed by atoms with Crippen molar-refractivity contribution in [1.29, 1.82) is 0 Å². The predicted molar refractivity (Wildman–Crippen MR) is 79.5 cm³/mol. The highest BCUT2D eigenvalue weighted by Crippen LogP contribution is 2.18. The van der Waals surface area contributed by atoms with E-state index in [0.29, 0.717) is 12.6 Å². The van der Waals surface area contributed by atoms with Gasteiger partial charge in [-0.2, -0.15) is 0 Å². The number of ketones is 1. The van der Waals surface area contributed by atoms with E-state index in [2.05, 4.69) is 27.8 Å². The molecule has 104 valence electrons. The molecule has 0 aromatic heterocycles. The summed E-state index contributed by atoms with van der Waals surface area (Å²) in [6.07, 6.45) is 1.01. The van der Waals surface area contributed by atoms with Crippen LogP contribution in [0.1, 0.15) is 30.6 Å². The Bertz CT molecular complexity index is 432. The minimum atomic E-state index is -0.0879. The number of morpholine rings is 1. The summed E-state index contributed by atoms with van der Waals surface area (Å²) < 4.78 is 6.49. The predicted octanol–water partition coefficient (Wildman–Crippen LogP) is 3.13. The Morgan fingerprint density at radius 2 is 2.16 bits per heavy atom. The van der Waals surface area contributed by atoms with Gasteiger partial charge in [0.2, 0.25) is 0 Å². The monoisotopic (exact) mass is 325 g/mol. The molecule has 1 aliphatic rings. The van der Waals surface area contributed by atoms with E-state index < -0.39 is 0 Å². The van der Waals surface area contributed by atoms with Crippen LogP contribution in [-0.2, 0) is 4.74 Å². The lowest BCUT2D eigenvalue weighted by Gasteiger charge is -2.38. The molecule has 1 saturated heterocycles. The van der Waals surface area contributed by atoms with Gasteiger partial charge >= 0.3 is 0 Å². The fraction of sp³-hybridized carbons (Fsp3) is 0.533. The fourth-order valence-corrected chi connectivity index (χ4v) is 2.80. The van der Waals surface area contributed by atoms with Crippen molar-refractivity contribution in [3.8, 4) is 0 Å². The van der Waals surface area contributed by atoms with Gasteiger partial charge in [-0.1, -0.05) is 35.0 Å². The number of ether oxygens (including phenoxy) is 1. The summed E-state index contributed by atoms with van der Waals surface area (Å²) in [5.74, 6) is 0.188. The van der Waals surface area contributed by atoms with Crippen LogP contribution in [0.4, 0.5) is 0 Å². The largest absolute Gasteiger partial charge is 0.378 e. The third kappa shape index (κ3) is 3.44. The normalized spacial score (nSPS) is 22.2. The smallest absolute Gasteiger partial charge is 0.179 e. The van der Waals surface area contributed by atoms with E-state index >= 15 is 0 Å². The molecule has 1 aromatic carbocycles. The van der Waals surface area contributed by atoms with E-state index in [-0.39, 0.29) is 11.8 Å². The summed E-state index contributed by atoms with van der Waals surface area (Å²) in [4.78, 5) is 14.8. The second kappa shape index (κ2) is 6.64. The van der Waals surface area contributed by atoms with Crippen molar-refractivity contribution in [2.45, 2.75) is 32.4 Å². The molecule has 1 aromatic rings. The van der Waals surface area contributed by atoms with E-state index in [4.69, 9.17) is 4.74 Å². The van der Waals surface area contributed by atoms with Crippen LogP contribution in [0, 0.1) is 0 Å². The maximum Gasteiger partial charge on any atom is 0.179 e. The van der Waals surface area contributed by atoms with Crippen molar-refractivity contribution in [3.05, 3.63) is 34.3 Å². The molecule has 0 radical (unpaired) electrons. The van der Waals surface area contributed by atoms with Crippen LogP contribution in [-0.4, -0.2) is 42.5 Å². The van der Waals surface area contributed by atoms with E-state index in [1.165, 1.54) is 0 Å². The standard InChI is InChI=1S/C15H20BrNO2/c1-3-14-10-19-9-8-17(14)11(2)15(18)12-4-6-13(16)7-5-12/h4-7,11,14H,3,8-10H2,1-2H3. The second-order valence-corrected chi connectivity index (χ2v) is 5.84. The molecule has 4 heteroatoms. The second-order valence-electron chi connectivity index (χ2n) is 4.92. The van der Waals surface area contributed by atoms with Gasteiger partial charge in [0.05, 0.1) is 19.3 Å². The van der Waals surface area contributed by atoms with Crippen LogP contribution in [0.15, 0.2) is 28.7 Å². The average Bonchev–Trinajstić information content (AvgIpc) is 2.46. The highest BCUT2D eigenvalue weighted by molar-refractivity contribution is 9.10. The molecule has 1 aliphatic heterocycles. The van der Waals surface area contributed by atoms with Crippen LogP contribution in [0.25, 0.3) is 0 Å². The quantitative estimate of drug-likeness (QED) is 0.796. The number of Topliss-reactive ketones (excluding diaryl/α,β-unsaturated/α-hetero) is 1. The highest BCUT2D eigenvalue weighted by Gasteiger charge is 2.30. The molecule has 2 unspecified atom stereocenters. The van der Waals surface area contributed by atoms with Gasteiger partial charge < -0.3 is 4.74 Å². The topological polar surface area (TPSA) is 29.5 Å². The van der Waals surface area contributed by atoms with E-state index in [1.54, 1.807) is 0 Å². The first-order valence-electron chi connectivity index (χ1n) is 6.76. The lowest BCUT2D eigenvalue weighted by atomic mass is 10.0. The van der Waals surface area contributed by atoms with Gasteiger partial charge in [0.25, 0.3) is 0 Å². The summed E-state index contributed by atoms with van der Waals surface area (Å²) >= 11 is 3.39. The molecule has 1 heterocycles. The van der Waals surface area contributed by atoms with Crippen LogP contribution in [0.5, 0.6) is 0 Å². The van der Waals surface area contributed by atoms with E-state index in [1.807, 2.05) is 31.2 Å². The SMILES string of the molecule is CCC1COCCN1C(C)C(=O)c1ccc(Br)cc1. The average molecular weight is 326 g/mol. The third-order valence-corrected chi connectivity index (χ3v) is 4.28. The molecule has 3 nitrogen and oxygen atoms in total. The summed E-state index contributed by atoms with van der Waals surface area (Å²) in [6, 6.07) is 7.85. The molecule has 2 atom stereocenters. The van der Waals surface area contributed by atoms with Crippen molar-refractivity contribution in [3.63, 3.8) is 0 Å². The number of carbonyl (C=O) groups excluding carboxylic acids is 1. The summed E-state index contributed by atoms with van der Waals surface area (Å²) in [7, 11) is 0. The Labute approximate surface area is 123 Å². The lowest BCUT2D eigenvalue weighted by molar-refractivity contribution is -0.0220. The van der Waals surface area contributed by atoms with Crippen molar-refractivity contribution in [1.82, 2.24) is 4.90 Å². The van der Waals surface area contributed by atoms with Crippen molar-refractivity contribution in [2.24, 2.45) is 0 Å². The van der Waals surface area contributed by atoms with Gasteiger partial charge in [-0.05, 0) is 25.5 Å². The fourth-order valence-electron chi connectivity index (χ4n) is 2.54. The maximum absolute atomic E-state index is 12.5. The molecule has 0 N–H and O–H groups in total. The van der Waals surface area contributed by atoms with E-state index in [0.717, 1.165) is 29.6 Å². The zero-order chi connectivity index (χ0) is 13.8. The highest BCUT2D eigenvalue weighted by atomic mass is 79.9. The molecule has 19 heavy (non-hydrogen) atoms. The summed E-state index contributed by atoms with van der Waals surface area (Å²) in [5.41, 5.74) is 0.775. The Morgan fingerprint density at radius 1 is 1.47 bits per heavy atom. The number of hydrogen-bond donors (Lipinski definition) is 0. The molecule has 1 fully saturated rings. The molecule has 0 saturated carbocycles. The number of nitrogens with zero attached hydrogens (tertiary/aromatic N) is 1. The lowest BCUT2D eigenvalue weighted by Crippen LogP contribution is -2.52. The zero-order valence-electron chi connectivity index (χ0n) is 11.4. The first-order chi connectivity index (χ1) is 9.13. The van der Waals surface area contributed by atoms with Crippen LogP contribution in [0.2, 0.25) is 0 Å². The maximum atomic E-state index is 12.5. The number of halogens is 1. The molecule has 2 rings (SSSR count).